The molecule has 2 fully saturated rings. The molecule has 0 spiro atoms. The fourth-order valence-electron chi connectivity index (χ4n) is 2.23. The minimum absolute atomic E-state index is 0.0449. The van der Waals surface area contributed by atoms with Crippen LogP contribution < -0.4 is 14.8 Å². The van der Waals surface area contributed by atoms with Crippen LogP contribution >= 0.6 is 0 Å². The van der Waals surface area contributed by atoms with Crippen molar-refractivity contribution in [1.82, 2.24) is 5.32 Å². The Morgan fingerprint density at radius 3 is 2.22 bits per heavy atom. The smallest absolute Gasteiger partial charge is 0.314 e. The van der Waals surface area contributed by atoms with E-state index >= 15 is 0 Å². The van der Waals surface area contributed by atoms with E-state index in [9.17, 15) is 14.7 Å². The first-order valence-electron chi connectivity index (χ1n) is 7.98. The molecule has 1 aromatic rings. The number of aliphatic hydroxyl groups is 1. The first-order valence-corrected chi connectivity index (χ1v) is 7.98. The van der Waals surface area contributed by atoms with Gasteiger partial charge in [-0.05, 0) is 50.4 Å². The van der Waals surface area contributed by atoms with Gasteiger partial charge in [0.1, 0.15) is 0 Å². The van der Waals surface area contributed by atoms with Crippen LogP contribution in [0, 0.1) is 11.8 Å². The van der Waals surface area contributed by atoms with Crippen molar-refractivity contribution in [3.05, 3.63) is 23.8 Å². The lowest BCUT2D eigenvalue weighted by Crippen LogP contribution is -2.18. The Hall–Kier alpha value is -1.92. The highest BCUT2D eigenvalue weighted by Crippen LogP contribution is 2.37. The van der Waals surface area contributed by atoms with Crippen molar-refractivity contribution in [3.63, 3.8) is 0 Å². The number of likely N-dealkylation sites (N-methyl/N-ethyl adjacent to an activating group) is 1. The molecule has 2 aliphatic carbocycles. The van der Waals surface area contributed by atoms with Gasteiger partial charge in [-0.3, -0.25) is 9.59 Å². The van der Waals surface area contributed by atoms with Gasteiger partial charge in [0.2, 0.25) is 0 Å². The molecule has 124 valence electrons. The summed E-state index contributed by atoms with van der Waals surface area (Å²) in [6.07, 6.45) is 2.62. The zero-order valence-electron chi connectivity index (χ0n) is 13.1. The Kier molecular flexibility index (Phi) is 4.63. The number of ether oxygens (including phenoxy) is 2. The van der Waals surface area contributed by atoms with Crippen LogP contribution in [0.3, 0.4) is 0 Å². The van der Waals surface area contributed by atoms with Crippen molar-refractivity contribution < 1.29 is 24.2 Å². The lowest BCUT2D eigenvalue weighted by atomic mass is 10.1. The van der Waals surface area contributed by atoms with Crippen molar-refractivity contribution in [2.24, 2.45) is 11.8 Å². The molecule has 0 saturated heterocycles. The Morgan fingerprint density at radius 1 is 1.13 bits per heavy atom. The van der Waals surface area contributed by atoms with Crippen molar-refractivity contribution >= 4 is 11.9 Å². The van der Waals surface area contributed by atoms with Gasteiger partial charge in [-0.2, -0.15) is 0 Å². The van der Waals surface area contributed by atoms with Gasteiger partial charge in [0.25, 0.3) is 0 Å². The third-order valence-electron chi connectivity index (χ3n) is 3.99. The largest absolute Gasteiger partial charge is 0.422 e. The summed E-state index contributed by atoms with van der Waals surface area (Å²) in [5.74, 6) is -0.282. The highest BCUT2D eigenvalue weighted by atomic mass is 16.6. The molecule has 6 nitrogen and oxygen atoms in total. The Bertz CT molecular complexity index is 607. The number of benzene rings is 1. The van der Waals surface area contributed by atoms with Crippen LogP contribution in [0.25, 0.3) is 0 Å². The van der Waals surface area contributed by atoms with Gasteiger partial charge < -0.3 is 19.9 Å². The van der Waals surface area contributed by atoms with E-state index in [0.717, 1.165) is 25.7 Å². The Morgan fingerprint density at radius 2 is 1.70 bits per heavy atom. The molecule has 2 saturated carbocycles. The average Bonchev–Trinajstić information content (AvgIpc) is 3.41. The zero-order chi connectivity index (χ0) is 16.4. The monoisotopic (exact) mass is 319 g/mol. The third kappa shape index (κ3) is 4.09. The summed E-state index contributed by atoms with van der Waals surface area (Å²) in [5.41, 5.74) is 0.601. The molecule has 0 heterocycles. The van der Waals surface area contributed by atoms with Crippen molar-refractivity contribution in [1.29, 1.82) is 0 Å². The third-order valence-corrected chi connectivity index (χ3v) is 3.99. The number of carbonyl (C=O) groups excluding carboxylic acids is 2. The maximum absolute atomic E-state index is 11.9. The molecule has 1 aromatic carbocycles. The molecule has 0 unspecified atom stereocenters. The molecule has 0 radical (unpaired) electrons. The van der Waals surface area contributed by atoms with Crippen LogP contribution in [0.1, 0.15) is 37.4 Å². The molecule has 23 heavy (non-hydrogen) atoms. The zero-order valence-corrected chi connectivity index (χ0v) is 13.1. The summed E-state index contributed by atoms with van der Waals surface area (Å²) in [5, 5.41) is 12.9. The quantitative estimate of drug-likeness (QED) is 0.586. The van der Waals surface area contributed by atoms with Gasteiger partial charge in [-0.1, -0.05) is 6.07 Å². The number of hydrogen-bond donors (Lipinski definition) is 2. The number of rotatable bonds is 7. The Labute approximate surface area is 134 Å². The lowest BCUT2D eigenvalue weighted by Gasteiger charge is -2.15. The summed E-state index contributed by atoms with van der Waals surface area (Å²) in [4.78, 5) is 23.8. The highest BCUT2D eigenvalue weighted by molar-refractivity contribution is 5.80. The molecule has 1 atom stereocenters. The average molecular weight is 319 g/mol. The summed E-state index contributed by atoms with van der Waals surface area (Å²) in [6.45, 7) is 0.372. The number of aliphatic hydroxyl groups excluding tert-OH is 1. The van der Waals surface area contributed by atoms with Crippen LogP contribution in [-0.4, -0.2) is 30.6 Å². The predicted octanol–water partition coefficient (Wildman–Crippen LogP) is 1.57. The second-order valence-electron chi connectivity index (χ2n) is 6.17. The fourth-order valence-corrected chi connectivity index (χ4v) is 2.23. The van der Waals surface area contributed by atoms with Crippen molar-refractivity contribution in [2.45, 2.75) is 31.8 Å². The molecule has 2 N–H and O–H groups in total. The summed E-state index contributed by atoms with van der Waals surface area (Å²) in [6, 6.07) is 4.81. The van der Waals surface area contributed by atoms with Gasteiger partial charge >= 0.3 is 11.9 Å². The van der Waals surface area contributed by atoms with E-state index in [1.54, 1.807) is 25.2 Å². The van der Waals surface area contributed by atoms with Gasteiger partial charge in [-0.15, -0.1) is 0 Å². The highest BCUT2D eigenvalue weighted by Gasteiger charge is 2.34. The van der Waals surface area contributed by atoms with Crippen molar-refractivity contribution in [3.8, 4) is 11.5 Å². The number of esters is 2. The molecule has 6 heteroatoms. The van der Waals surface area contributed by atoms with Crippen LogP contribution in [0.5, 0.6) is 11.5 Å². The number of hydrogen-bond acceptors (Lipinski definition) is 6. The number of carbonyl (C=O) groups is 2. The normalized spacial score (nSPS) is 18.3. The van der Waals surface area contributed by atoms with E-state index < -0.39 is 6.10 Å². The molecule has 0 aromatic heterocycles. The maximum Gasteiger partial charge on any atom is 0.314 e. The van der Waals surface area contributed by atoms with Gasteiger partial charge in [0.15, 0.2) is 11.5 Å². The summed E-state index contributed by atoms with van der Waals surface area (Å²) in [7, 11) is 1.74. The van der Waals surface area contributed by atoms with Crippen LogP contribution in [-0.2, 0) is 9.59 Å². The molecule has 0 amide bonds. The van der Waals surface area contributed by atoms with Crippen LogP contribution in [0.4, 0.5) is 0 Å². The molecular weight excluding hydrogens is 298 g/mol. The second-order valence-corrected chi connectivity index (χ2v) is 6.17. The van der Waals surface area contributed by atoms with E-state index in [1.165, 1.54) is 0 Å². The molecule has 0 aliphatic heterocycles. The first-order chi connectivity index (χ1) is 11.1. The second kappa shape index (κ2) is 6.68. The standard InChI is InChI=1S/C17H21NO5/c1-18-9-13(19)12-6-7-14(22-16(20)10-2-3-10)15(8-12)23-17(21)11-4-5-11/h6-8,10-11,13,18-19H,2-5,9H2,1H3/t13-/m0/s1. The van der Waals surface area contributed by atoms with E-state index in [2.05, 4.69) is 5.32 Å². The fraction of sp³-hybridized carbons (Fsp3) is 0.529. The predicted molar refractivity (Wildman–Crippen MR) is 82.0 cm³/mol. The van der Waals surface area contributed by atoms with E-state index in [4.69, 9.17) is 9.47 Å². The van der Waals surface area contributed by atoms with Crippen LogP contribution in [0.15, 0.2) is 18.2 Å². The molecule has 0 bridgehead atoms. The topological polar surface area (TPSA) is 84.9 Å². The van der Waals surface area contributed by atoms with E-state index in [1.807, 2.05) is 0 Å². The maximum atomic E-state index is 11.9. The van der Waals surface area contributed by atoms with Gasteiger partial charge in [0.05, 0.1) is 17.9 Å². The molecule has 3 rings (SSSR count). The first kappa shape index (κ1) is 16.0. The van der Waals surface area contributed by atoms with Gasteiger partial charge in [-0.25, -0.2) is 0 Å². The van der Waals surface area contributed by atoms with E-state index in [-0.39, 0.29) is 35.3 Å². The molecular formula is C17H21NO5. The minimum Gasteiger partial charge on any atom is -0.422 e. The van der Waals surface area contributed by atoms with Crippen molar-refractivity contribution in [2.75, 3.05) is 13.6 Å². The number of nitrogens with one attached hydrogen (secondary N) is 1. The summed E-state index contributed by atoms with van der Waals surface area (Å²) >= 11 is 0. The SMILES string of the molecule is CNC[C@H](O)c1ccc(OC(=O)C2CC2)c(OC(=O)C2CC2)c1. The molecule has 2 aliphatic rings. The van der Waals surface area contributed by atoms with Crippen LogP contribution in [0.2, 0.25) is 0 Å². The summed E-state index contributed by atoms with van der Waals surface area (Å²) < 4.78 is 10.7. The van der Waals surface area contributed by atoms with Gasteiger partial charge in [0, 0.05) is 6.54 Å². The minimum atomic E-state index is -0.730. The Balaban J connectivity index is 1.80. The van der Waals surface area contributed by atoms with E-state index in [0.29, 0.717) is 12.1 Å². The lowest BCUT2D eigenvalue weighted by molar-refractivity contribution is -0.138.